The van der Waals surface area contributed by atoms with Gasteiger partial charge in [-0.15, -0.1) is 0 Å². The van der Waals surface area contributed by atoms with E-state index in [0.717, 1.165) is 47.4 Å². The van der Waals surface area contributed by atoms with E-state index in [0.29, 0.717) is 6.42 Å². The van der Waals surface area contributed by atoms with Gasteiger partial charge in [-0.2, -0.15) is 0 Å². The molecule has 2 amide bonds. The van der Waals surface area contributed by atoms with Gasteiger partial charge in [0.15, 0.2) is 0 Å². The van der Waals surface area contributed by atoms with Crippen LogP contribution < -0.4 is 10.9 Å². The molecule has 0 aromatic heterocycles. The lowest BCUT2D eigenvalue weighted by atomic mass is 9.48. The van der Waals surface area contributed by atoms with Crippen LogP contribution in [0, 0.1) is 17.3 Å². The summed E-state index contributed by atoms with van der Waals surface area (Å²) in [6.45, 7) is 0. The van der Waals surface area contributed by atoms with Crippen molar-refractivity contribution in [1.82, 2.24) is 10.9 Å². The van der Waals surface area contributed by atoms with E-state index < -0.39 is 0 Å². The van der Waals surface area contributed by atoms with Crippen LogP contribution in [0.25, 0.3) is 10.8 Å². The first-order valence-corrected chi connectivity index (χ1v) is 11.4. The minimum absolute atomic E-state index is 0.0608. The van der Waals surface area contributed by atoms with Gasteiger partial charge < -0.3 is 0 Å². The first-order chi connectivity index (χ1) is 13.9. The molecule has 0 radical (unpaired) electrons. The lowest BCUT2D eigenvalue weighted by Gasteiger charge is -2.60. The molecule has 5 heteroatoms. The van der Waals surface area contributed by atoms with Crippen molar-refractivity contribution in [3.63, 3.8) is 0 Å². The van der Waals surface area contributed by atoms with E-state index >= 15 is 0 Å². The van der Waals surface area contributed by atoms with Crippen LogP contribution in [0.3, 0.4) is 0 Å². The molecule has 6 rings (SSSR count). The van der Waals surface area contributed by atoms with Gasteiger partial charge in [0.25, 0.3) is 0 Å². The Balaban J connectivity index is 1.19. The van der Waals surface area contributed by atoms with E-state index in [9.17, 15) is 9.59 Å². The van der Waals surface area contributed by atoms with Crippen molar-refractivity contribution in [3.8, 4) is 0 Å². The standard InChI is InChI=1S/C24H27BrN2O2/c25-24-12-16-8-17(13-24)11-23(10-16,15-24)14-22(29)27-26-21(28)9-19-6-3-5-18-4-1-2-7-20(18)19/h1-7,16-17H,8-15H2,(H,26,28)(H,27,29). The lowest BCUT2D eigenvalue weighted by Crippen LogP contribution is -2.54. The molecular formula is C24H27BrN2O2. The second-order valence-electron chi connectivity index (χ2n) is 9.70. The maximum atomic E-state index is 12.7. The molecule has 29 heavy (non-hydrogen) atoms. The first-order valence-electron chi connectivity index (χ1n) is 10.7. The molecule has 4 saturated carbocycles. The predicted molar refractivity (Wildman–Crippen MR) is 117 cm³/mol. The summed E-state index contributed by atoms with van der Waals surface area (Å²) < 4.78 is 0.245. The third-order valence-electron chi connectivity index (χ3n) is 7.22. The van der Waals surface area contributed by atoms with Crippen molar-refractivity contribution < 1.29 is 9.59 Å². The fourth-order valence-electron chi connectivity index (χ4n) is 6.73. The number of nitrogens with one attached hydrogen (secondary N) is 2. The summed E-state index contributed by atoms with van der Waals surface area (Å²) in [6, 6.07) is 14.0. The minimum Gasteiger partial charge on any atom is -0.273 e. The smallest absolute Gasteiger partial charge is 0.242 e. The number of carbonyl (C=O) groups excluding carboxylic acids is 2. The van der Waals surface area contributed by atoms with Crippen LogP contribution in [-0.2, 0) is 16.0 Å². The molecule has 4 nitrogen and oxygen atoms in total. The zero-order valence-electron chi connectivity index (χ0n) is 16.5. The Labute approximate surface area is 179 Å². The van der Waals surface area contributed by atoms with E-state index in [1.165, 1.54) is 19.3 Å². The molecule has 0 spiro atoms. The lowest BCUT2D eigenvalue weighted by molar-refractivity contribution is -0.133. The number of hydrogen-bond acceptors (Lipinski definition) is 2. The molecule has 2 aromatic rings. The second kappa shape index (κ2) is 7.12. The van der Waals surface area contributed by atoms with Gasteiger partial charge in [0.2, 0.25) is 11.8 Å². The summed E-state index contributed by atoms with van der Waals surface area (Å²) >= 11 is 4.00. The second-order valence-corrected chi connectivity index (χ2v) is 11.4. The SMILES string of the molecule is O=C(Cc1cccc2ccccc12)NNC(=O)CC12CC3CC(CC(Br)(C3)C1)C2. The van der Waals surface area contributed by atoms with Crippen molar-refractivity contribution in [2.45, 2.75) is 55.7 Å². The van der Waals surface area contributed by atoms with Crippen LogP contribution in [0.4, 0.5) is 0 Å². The summed E-state index contributed by atoms with van der Waals surface area (Å²) in [5.41, 5.74) is 6.40. The summed E-state index contributed by atoms with van der Waals surface area (Å²) in [5, 5.41) is 2.19. The molecule has 0 aliphatic heterocycles. The molecule has 4 aliphatic rings. The summed E-state index contributed by atoms with van der Waals surface area (Å²) in [7, 11) is 0. The maximum absolute atomic E-state index is 12.7. The molecule has 4 bridgehead atoms. The average molecular weight is 455 g/mol. The fraction of sp³-hybridized carbons (Fsp3) is 0.500. The molecule has 2 aromatic carbocycles. The number of amides is 2. The number of fused-ring (bicyclic) bond motifs is 1. The molecule has 152 valence electrons. The van der Waals surface area contributed by atoms with Crippen LogP contribution in [0.5, 0.6) is 0 Å². The molecule has 2 N–H and O–H groups in total. The van der Waals surface area contributed by atoms with Crippen molar-refractivity contribution in [1.29, 1.82) is 0 Å². The molecule has 2 atom stereocenters. The first kappa shape index (κ1) is 19.1. The zero-order valence-corrected chi connectivity index (χ0v) is 18.1. The molecule has 4 fully saturated rings. The van der Waals surface area contributed by atoms with E-state index in [2.05, 4.69) is 26.8 Å². The Morgan fingerprint density at radius 2 is 1.62 bits per heavy atom. The normalized spacial score (nSPS) is 32.3. The highest BCUT2D eigenvalue weighted by molar-refractivity contribution is 9.10. The number of benzene rings is 2. The summed E-state index contributed by atoms with van der Waals surface area (Å²) in [6.07, 6.45) is 8.03. The van der Waals surface area contributed by atoms with Gasteiger partial charge in [0.1, 0.15) is 0 Å². The Morgan fingerprint density at radius 1 is 0.931 bits per heavy atom. The van der Waals surface area contributed by atoms with Gasteiger partial charge in [0, 0.05) is 10.7 Å². The predicted octanol–water partition coefficient (Wildman–Crippen LogP) is 4.65. The molecule has 0 heterocycles. The fourth-order valence-corrected chi connectivity index (χ4v) is 8.24. The third kappa shape index (κ3) is 3.81. The number of hydrazine groups is 1. The van der Waals surface area contributed by atoms with Crippen LogP contribution >= 0.6 is 15.9 Å². The Hall–Kier alpha value is -1.88. The minimum atomic E-state index is -0.183. The average Bonchev–Trinajstić information content (AvgIpc) is 2.64. The maximum Gasteiger partial charge on any atom is 0.242 e. The number of halogens is 1. The van der Waals surface area contributed by atoms with Gasteiger partial charge in [-0.3, -0.25) is 20.4 Å². The van der Waals surface area contributed by atoms with Gasteiger partial charge in [0.05, 0.1) is 6.42 Å². The van der Waals surface area contributed by atoms with E-state index in [-0.39, 0.29) is 28.0 Å². The topological polar surface area (TPSA) is 58.2 Å². The van der Waals surface area contributed by atoms with E-state index in [4.69, 9.17) is 0 Å². The number of alkyl halides is 1. The molecule has 0 saturated heterocycles. The van der Waals surface area contributed by atoms with Crippen LogP contribution in [0.2, 0.25) is 0 Å². The van der Waals surface area contributed by atoms with Gasteiger partial charge in [-0.05, 0) is 72.1 Å². The summed E-state index contributed by atoms with van der Waals surface area (Å²) in [5.74, 6) is 1.26. The van der Waals surface area contributed by atoms with Crippen LogP contribution in [0.15, 0.2) is 42.5 Å². The van der Waals surface area contributed by atoms with Crippen LogP contribution in [-0.4, -0.2) is 16.1 Å². The van der Waals surface area contributed by atoms with Crippen molar-refractivity contribution in [3.05, 3.63) is 48.0 Å². The van der Waals surface area contributed by atoms with E-state index in [1.54, 1.807) is 0 Å². The van der Waals surface area contributed by atoms with Gasteiger partial charge in [-0.25, -0.2) is 0 Å². The Kier molecular flexibility index (Phi) is 4.69. The zero-order chi connectivity index (χ0) is 20.1. The third-order valence-corrected chi connectivity index (χ3v) is 8.15. The Morgan fingerprint density at radius 3 is 2.38 bits per heavy atom. The highest BCUT2D eigenvalue weighted by atomic mass is 79.9. The molecular weight excluding hydrogens is 428 g/mol. The summed E-state index contributed by atoms with van der Waals surface area (Å²) in [4.78, 5) is 25.1. The number of rotatable bonds is 4. The number of hydrogen-bond donors (Lipinski definition) is 2. The van der Waals surface area contributed by atoms with Crippen molar-refractivity contribution >= 4 is 38.5 Å². The van der Waals surface area contributed by atoms with Crippen LogP contribution in [0.1, 0.15) is 50.5 Å². The van der Waals surface area contributed by atoms with Gasteiger partial charge >= 0.3 is 0 Å². The van der Waals surface area contributed by atoms with Crippen molar-refractivity contribution in [2.75, 3.05) is 0 Å². The highest BCUT2D eigenvalue weighted by Gasteiger charge is 2.57. The molecule has 2 unspecified atom stereocenters. The highest BCUT2D eigenvalue weighted by Crippen LogP contribution is 2.65. The Bertz CT molecular complexity index is 953. The largest absolute Gasteiger partial charge is 0.273 e. The monoisotopic (exact) mass is 454 g/mol. The van der Waals surface area contributed by atoms with Gasteiger partial charge in [-0.1, -0.05) is 58.4 Å². The quantitative estimate of drug-likeness (QED) is 0.521. The van der Waals surface area contributed by atoms with Crippen molar-refractivity contribution in [2.24, 2.45) is 17.3 Å². The van der Waals surface area contributed by atoms with E-state index in [1.807, 2.05) is 42.5 Å². The number of carbonyl (C=O) groups is 2. The molecule has 4 aliphatic carbocycles.